The summed E-state index contributed by atoms with van der Waals surface area (Å²) in [7, 11) is 2.21. The molecule has 2 heterocycles. The summed E-state index contributed by atoms with van der Waals surface area (Å²) in [5.74, 6) is 0. The first kappa shape index (κ1) is 21.5. The first-order chi connectivity index (χ1) is 13.7. The molecule has 0 amide bonds. The zero-order valence-corrected chi connectivity index (χ0v) is 16.8. The number of H-pyrrole nitrogens is 1. The van der Waals surface area contributed by atoms with E-state index in [1.54, 1.807) is 6.08 Å². The number of aromatic amines is 1. The van der Waals surface area contributed by atoms with Crippen molar-refractivity contribution in [1.82, 2.24) is 9.88 Å². The lowest BCUT2D eigenvalue weighted by Crippen LogP contribution is -2.26. The number of hydrogen-bond acceptors (Lipinski definition) is 3. The average molecular weight is 379 g/mol. The Morgan fingerprint density at radius 3 is 2.54 bits per heavy atom. The fourth-order valence-corrected chi connectivity index (χ4v) is 3.58. The van der Waals surface area contributed by atoms with E-state index < -0.39 is 0 Å². The van der Waals surface area contributed by atoms with E-state index in [-0.39, 0.29) is 0 Å². The number of aliphatic hydroxyl groups excluding tert-OH is 1. The van der Waals surface area contributed by atoms with Crippen molar-refractivity contribution in [3.8, 4) is 0 Å². The highest BCUT2D eigenvalue weighted by Gasteiger charge is 2.22. The maximum atomic E-state index is 8.88. The molecule has 0 bridgehead atoms. The van der Waals surface area contributed by atoms with Gasteiger partial charge in [-0.3, -0.25) is 0 Å². The molecule has 0 saturated carbocycles. The fraction of sp³-hybridized carbons (Fsp3) is 0.292. The lowest BCUT2D eigenvalue weighted by atomic mass is 10.0. The average Bonchev–Trinajstić information content (AvgIpc) is 3.31. The number of carbonyl (C=O) groups excluding carboxylic acids is 1. The summed E-state index contributed by atoms with van der Waals surface area (Å²) in [5.41, 5.74) is 4.91. The summed E-state index contributed by atoms with van der Waals surface area (Å²) in [6.45, 7) is 5.30. The quantitative estimate of drug-likeness (QED) is 0.620. The van der Waals surface area contributed by atoms with E-state index in [2.05, 4.69) is 54.3 Å². The number of aryl methyl sites for hydroxylation is 1. The number of aliphatic hydroxyl groups is 1. The maximum Gasteiger partial charge on any atom is 0.106 e. The Hall–Kier alpha value is -2.85. The Kier molecular flexibility index (Phi) is 8.50. The molecule has 0 spiro atoms. The molecule has 1 fully saturated rings. The predicted molar refractivity (Wildman–Crippen MR) is 118 cm³/mol. The fourth-order valence-electron chi connectivity index (χ4n) is 3.58. The Balaban J connectivity index is 0.000000261. The lowest BCUT2D eigenvalue weighted by Gasteiger charge is -2.18. The van der Waals surface area contributed by atoms with E-state index >= 15 is 0 Å². The van der Waals surface area contributed by atoms with Gasteiger partial charge in [-0.05, 0) is 69.1 Å². The molecule has 4 nitrogen and oxygen atoms in total. The number of fused-ring (bicyclic) bond motifs is 1. The Bertz CT molecular complexity index is 871. The highest BCUT2D eigenvalue weighted by Crippen LogP contribution is 2.25. The minimum atomic E-state index is 0.663. The van der Waals surface area contributed by atoms with Crippen molar-refractivity contribution in [3.63, 3.8) is 0 Å². The van der Waals surface area contributed by atoms with Crippen LogP contribution in [-0.2, 0) is 11.2 Å². The van der Waals surface area contributed by atoms with Crippen molar-refractivity contribution >= 4 is 23.8 Å². The molecule has 4 heteroatoms. The van der Waals surface area contributed by atoms with Crippen LogP contribution in [0, 0.1) is 6.92 Å². The first-order valence-electron chi connectivity index (χ1n) is 9.59. The van der Waals surface area contributed by atoms with Gasteiger partial charge in [-0.25, -0.2) is 0 Å². The van der Waals surface area contributed by atoms with E-state index in [9.17, 15) is 0 Å². The summed E-state index contributed by atoms with van der Waals surface area (Å²) in [6, 6.07) is 17.2. The molecule has 1 aliphatic heterocycles. The summed E-state index contributed by atoms with van der Waals surface area (Å²) in [4.78, 5) is 13.8. The van der Waals surface area contributed by atoms with E-state index in [0.717, 1.165) is 18.2 Å². The number of likely N-dealkylation sites (N-methyl/N-ethyl adjacent to an activating group) is 1. The topological polar surface area (TPSA) is 56.3 Å². The van der Waals surface area contributed by atoms with Crippen LogP contribution >= 0.6 is 0 Å². The zero-order chi connectivity index (χ0) is 20.4. The van der Waals surface area contributed by atoms with E-state index in [1.165, 1.54) is 41.4 Å². The molecule has 28 heavy (non-hydrogen) atoms. The summed E-state index contributed by atoms with van der Waals surface area (Å²) in [5, 5.41) is 10.2. The van der Waals surface area contributed by atoms with Crippen LogP contribution in [0.1, 0.15) is 29.5 Å². The van der Waals surface area contributed by atoms with Crippen molar-refractivity contribution in [2.75, 3.05) is 13.6 Å². The number of rotatable bonds is 3. The normalized spacial score (nSPS) is 16.4. The van der Waals surface area contributed by atoms with Crippen molar-refractivity contribution < 1.29 is 9.90 Å². The van der Waals surface area contributed by atoms with Gasteiger partial charge in [0, 0.05) is 23.1 Å². The smallest absolute Gasteiger partial charge is 0.106 e. The third kappa shape index (κ3) is 5.83. The highest BCUT2D eigenvalue weighted by molar-refractivity contribution is 5.85. The number of likely N-dealkylation sites (tertiary alicyclic amines) is 1. The summed E-state index contributed by atoms with van der Waals surface area (Å²) in [6.07, 6.45) is 8.64. The van der Waals surface area contributed by atoms with Crippen LogP contribution in [0.2, 0.25) is 0 Å². The Labute approximate surface area is 167 Å². The second-order valence-corrected chi connectivity index (χ2v) is 7.07. The van der Waals surface area contributed by atoms with E-state index in [4.69, 9.17) is 9.90 Å². The van der Waals surface area contributed by atoms with Gasteiger partial charge in [-0.1, -0.05) is 42.0 Å². The van der Waals surface area contributed by atoms with Crippen molar-refractivity contribution in [2.45, 2.75) is 32.2 Å². The van der Waals surface area contributed by atoms with Gasteiger partial charge in [-0.2, -0.15) is 0 Å². The van der Waals surface area contributed by atoms with Gasteiger partial charge in [0.25, 0.3) is 0 Å². The van der Waals surface area contributed by atoms with Gasteiger partial charge in [0.2, 0.25) is 0 Å². The molecule has 1 saturated heterocycles. The van der Waals surface area contributed by atoms with Crippen LogP contribution in [0.3, 0.4) is 0 Å². The number of nitrogens with zero attached hydrogens (tertiary/aromatic N) is 1. The molecule has 1 aliphatic rings. The van der Waals surface area contributed by atoms with Gasteiger partial charge in [-0.15, -0.1) is 0 Å². The second kappa shape index (κ2) is 11.1. The van der Waals surface area contributed by atoms with Crippen LogP contribution < -0.4 is 0 Å². The second-order valence-electron chi connectivity index (χ2n) is 7.07. The van der Waals surface area contributed by atoms with Crippen LogP contribution in [0.5, 0.6) is 0 Å². The largest absolute Gasteiger partial charge is 0.516 e. The van der Waals surface area contributed by atoms with Crippen LogP contribution in [0.25, 0.3) is 17.0 Å². The molecular weight excluding hydrogens is 348 g/mol. The number of carbonyl (C=O) groups is 1. The van der Waals surface area contributed by atoms with E-state index in [0.29, 0.717) is 6.04 Å². The maximum absolute atomic E-state index is 8.88. The van der Waals surface area contributed by atoms with Crippen LogP contribution in [0.4, 0.5) is 0 Å². The number of aromatic nitrogens is 1. The zero-order valence-electron chi connectivity index (χ0n) is 16.8. The minimum Gasteiger partial charge on any atom is -0.516 e. The number of hydrogen-bond donors (Lipinski definition) is 2. The van der Waals surface area contributed by atoms with Gasteiger partial charge < -0.3 is 19.8 Å². The van der Waals surface area contributed by atoms with Gasteiger partial charge in [0.05, 0.1) is 6.26 Å². The van der Waals surface area contributed by atoms with Gasteiger partial charge >= 0.3 is 0 Å². The standard InChI is InChI=1S/C16H20N2O.C7H8.CH2O/c1-18-7-2-3-14(18)10-13-11-17-16-5-4-12(6-8-19)9-15(13)16;1-7-5-3-2-4-6-7;1-2/h4-6,8-9,11,14,17,19H,2-3,7,10H2,1H3;2-6H,1H3;1H2/b8-6+;;. The van der Waals surface area contributed by atoms with Crippen LogP contribution in [0.15, 0.2) is 61.0 Å². The summed E-state index contributed by atoms with van der Waals surface area (Å²) < 4.78 is 0. The van der Waals surface area contributed by atoms with Crippen molar-refractivity contribution in [2.24, 2.45) is 0 Å². The molecule has 3 aromatic rings. The van der Waals surface area contributed by atoms with Gasteiger partial charge in [0.15, 0.2) is 0 Å². The number of nitrogens with one attached hydrogen (secondary N) is 1. The van der Waals surface area contributed by atoms with E-state index in [1.807, 2.05) is 31.1 Å². The lowest BCUT2D eigenvalue weighted by molar-refractivity contribution is -0.0979. The Morgan fingerprint density at radius 1 is 1.21 bits per heavy atom. The molecule has 1 unspecified atom stereocenters. The van der Waals surface area contributed by atoms with Crippen molar-refractivity contribution in [1.29, 1.82) is 0 Å². The molecule has 0 radical (unpaired) electrons. The molecule has 2 N–H and O–H groups in total. The first-order valence-corrected chi connectivity index (χ1v) is 9.59. The summed E-state index contributed by atoms with van der Waals surface area (Å²) >= 11 is 0. The van der Waals surface area contributed by atoms with Gasteiger partial charge in [0.1, 0.15) is 6.79 Å². The SMILES string of the molecule is C=O.CN1CCCC1Cc1c[nH]c2ccc(/C=C/O)cc12.Cc1ccccc1. The third-order valence-corrected chi connectivity index (χ3v) is 5.13. The third-order valence-electron chi connectivity index (χ3n) is 5.13. The molecule has 4 rings (SSSR count). The molecule has 2 aromatic carbocycles. The molecule has 1 atom stereocenters. The Morgan fingerprint density at radius 2 is 1.96 bits per heavy atom. The molecule has 1 aromatic heterocycles. The molecular formula is C24H30N2O2. The highest BCUT2D eigenvalue weighted by atomic mass is 16.2. The minimum absolute atomic E-state index is 0.663. The number of benzene rings is 2. The predicted octanol–water partition coefficient (Wildman–Crippen LogP) is 5.14. The monoisotopic (exact) mass is 378 g/mol. The van der Waals surface area contributed by atoms with Crippen LogP contribution in [-0.4, -0.2) is 41.4 Å². The molecule has 0 aliphatic carbocycles. The molecule has 148 valence electrons. The van der Waals surface area contributed by atoms with Crippen molar-refractivity contribution in [3.05, 3.63) is 77.7 Å².